The number of nitrogens with one attached hydrogen (secondary N) is 1. The second-order valence-corrected chi connectivity index (χ2v) is 7.66. The molecule has 3 amide bonds. The lowest BCUT2D eigenvalue weighted by Crippen LogP contribution is -2.30. The number of rotatable bonds is 6. The van der Waals surface area contributed by atoms with Crippen molar-refractivity contribution >= 4 is 45.8 Å². The smallest absolute Gasteiger partial charge is 0.229 e. The normalized spacial score (nSPS) is 14.2. The number of halogens is 1. The molecule has 0 unspecified atom stereocenters. The Kier molecular flexibility index (Phi) is 5.68. The van der Waals surface area contributed by atoms with Gasteiger partial charge in [0.2, 0.25) is 17.7 Å². The number of nitrogens with zero attached hydrogens (tertiary/aromatic N) is 2. The van der Waals surface area contributed by atoms with Crippen LogP contribution in [-0.2, 0) is 14.4 Å². The number of hydrogen-bond acceptors (Lipinski definition) is 5. The van der Waals surface area contributed by atoms with Crippen LogP contribution in [0.3, 0.4) is 0 Å². The van der Waals surface area contributed by atoms with Crippen molar-refractivity contribution in [1.82, 2.24) is 9.88 Å². The molecule has 1 fully saturated rings. The first kappa shape index (κ1) is 18.5. The minimum atomic E-state index is -0.180. The number of aromatic nitrogens is 1. The average molecular weight is 392 g/mol. The molecule has 6 nitrogen and oxygen atoms in total. The van der Waals surface area contributed by atoms with Gasteiger partial charge in [0, 0.05) is 41.3 Å². The maximum Gasteiger partial charge on any atom is 0.229 e. The standard InChI is InChI=1S/C18H18ClN3O3S/c1-11-17(12-4-6-13(19)7-5-12)21-18(26-11)20-14(23)3-2-10-22-15(24)8-9-16(22)25/h4-7H,2-3,8-10H2,1H3,(H,20,21,23). The summed E-state index contributed by atoms with van der Waals surface area (Å²) in [5.74, 6) is -0.488. The van der Waals surface area contributed by atoms with E-state index in [0.717, 1.165) is 16.1 Å². The van der Waals surface area contributed by atoms with Gasteiger partial charge in [-0.25, -0.2) is 4.98 Å². The Morgan fingerprint density at radius 3 is 2.54 bits per heavy atom. The summed E-state index contributed by atoms with van der Waals surface area (Å²) in [5.41, 5.74) is 1.75. The molecule has 0 saturated carbocycles. The molecule has 1 saturated heterocycles. The van der Waals surface area contributed by atoms with Crippen LogP contribution in [0.25, 0.3) is 11.3 Å². The summed E-state index contributed by atoms with van der Waals surface area (Å²) >= 11 is 7.31. The average Bonchev–Trinajstić information content (AvgIpc) is 3.12. The zero-order valence-electron chi connectivity index (χ0n) is 14.3. The van der Waals surface area contributed by atoms with E-state index in [0.29, 0.717) is 16.6 Å². The fourth-order valence-electron chi connectivity index (χ4n) is 2.78. The molecule has 26 heavy (non-hydrogen) atoms. The largest absolute Gasteiger partial charge is 0.302 e. The Morgan fingerprint density at radius 1 is 1.23 bits per heavy atom. The van der Waals surface area contributed by atoms with E-state index in [1.165, 1.54) is 16.2 Å². The van der Waals surface area contributed by atoms with Crippen molar-refractivity contribution in [2.45, 2.75) is 32.6 Å². The maximum absolute atomic E-state index is 12.1. The predicted molar refractivity (Wildman–Crippen MR) is 101 cm³/mol. The number of aryl methyl sites for hydroxylation is 1. The van der Waals surface area contributed by atoms with Crippen LogP contribution in [0.15, 0.2) is 24.3 Å². The molecular weight excluding hydrogens is 374 g/mol. The molecule has 0 spiro atoms. The molecule has 0 radical (unpaired) electrons. The molecule has 3 rings (SSSR count). The molecule has 136 valence electrons. The number of carbonyl (C=O) groups is 3. The van der Waals surface area contributed by atoms with Crippen LogP contribution in [0.5, 0.6) is 0 Å². The number of likely N-dealkylation sites (tertiary alicyclic amines) is 1. The maximum atomic E-state index is 12.1. The molecule has 0 atom stereocenters. The first-order chi connectivity index (χ1) is 12.4. The van der Waals surface area contributed by atoms with E-state index < -0.39 is 0 Å². The van der Waals surface area contributed by atoms with Crippen LogP contribution in [0.1, 0.15) is 30.6 Å². The summed E-state index contributed by atoms with van der Waals surface area (Å²) < 4.78 is 0. The summed E-state index contributed by atoms with van der Waals surface area (Å²) in [6.45, 7) is 2.24. The Morgan fingerprint density at radius 2 is 1.88 bits per heavy atom. The Hall–Kier alpha value is -2.25. The number of amides is 3. The van der Waals surface area contributed by atoms with Gasteiger partial charge < -0.3 is 5.32 Å². The molecule has 0 bridgehead atoms. The van der Waals surface area contributed by atoms with Crippen LogP contribution < -0.4 is 5.32 Å². The van der Waals surface area contributed by atoms with Gasteiger partial charge in [-0.1, -0.05) is 23.7 Å². The van der Waals surface area contributed by atoms with Gasteiger partial charge in [-0.15, -0.1) is 11.3 Å². The molecule has 1 aromatic carbocycles. The van der Waals surface area contributed by atoms with E-state index in [1.807, 2.05) is 19.1 Å². The molecular formula is C18H18ClN3O3S. The first-order valence-corrected chi connectivity index (χ1v) is 9.50. The van der Waals surface area contributed by atoms with E-state index in [4.69, 9.17) is 11.6 Å². The Balaban J connectivity index is 1.55. The fraction of sp³-hybridized carbons (Fsp3) is 0.333. The molecule has 2 heterocycles. The van der Waals surface area contributed by atoms with Crippen molar-refractivity contribution in [1.29, 1.82) is 0 Å². The van der Waals surface area contributed by atoms with E-state index in [9.17, 15) is 14.4 Å². The van der Waals surface area contributed by atoms with Gasteiger partial charge in [-0.3, -0.25) is 19.3 Å². The van der Waals surface area contributed by atoms with Gasteiger partial charge in [-0.05, 0) is 25.5 Å². The van der Waals surface area contributed by atoms with Gasteiger partial charge in [0.15, 0.2) is 5.13 Å². The van der Waals surface area contributed by atoms with Crippen molar-refractivity contribution in [3.63, 3.8) is 0 Å². The van der Waals surface area contributed by atoms with Crippen molar-refractivity contribution in [3.05, 3.63) is 34.2 Å². The summed E-state index contributed by atoms with van der Waals surface area (Å²) in [6, 6.07) is 7.38. The van der Waals surface area contributed by atoms with Gasteiger partial charge >= 0.3 is 0 Å². The molecule has 1 aromatic heterocycles. The van der Waals surface area contributed by atoms with Crippen molar-refractivity contribution in [2.24, 2.45) is 0 Å². The third-order valence-electron chi connectivity index (χ3n) is 4.10. The molecule has 8 heteroatoms. The van der Waals surface area contributed by atoms with Crippen molar-refractivity contribution in [2.75, 3.05) is 11.9 Å². The second kappa shape index (κ2) is 7.97. The van der Waals surface area contributed by atoms with Crippen LogP contribution in [0, 0.1) is 6.92 Å². The van der Waals surface area contributed by atoms with Gasteiger partial charge in [0.25, 0.3) is 0 Å². The lowest BCUT2D eigenvalue weighted by molar-refractivity contribution is -0.138. The molecule has 1 aliphatic rings. The number of anilines is 1. The summed E-state index contributed by atoms with van der Waals surface area (Å²) in [6.07, 6.45) is 1.22. The zero-order valence-corrected chi connectivity index (χ0v) is 15.8. The number of benzene rings is 1. The van der Waals surface area contributed by atoms with Crippen molar-refractivity contribution < 1.29 is 14.4 Å². The Labute approximate surface area is 160 Å². The predicted octanol–water partition coefficient (Wildman–Crippen LogP) is 3.64. The highest BCUT2D eigenvalue weighted by atomic mass is 35.5. The highest BCUT2D eigenvalue weighted by Gasteiger charge is 2.28. The minimum Gasteiger partial charge on any atom is -0.302 e. The number of hydrogen-bond donors (Lipinski definition) is 1. The third-order valence-corrected chi connectivity index (χ3v) is 5.24. The number of carbonyl (C=O) groups excluding carboxylic acids is 3. The molecule has 1 N–H and O–H groups in total. The highest BCUT2D eigenvalue weighted by molar-refractivity contribution is 7.16. The van der Waals surface area contributed by atoms with Crippen LogP contribution >= 0.6 is 22.9 Å². The lowest BCUT2D eigenvalue weighted by atomic mass is 10.1. The Bertz CT molecular complexity index is 832. The van der Waals surface area contributed by atoms with E-state index in [-0.39, 0.29) is 43.5 Å². The number of imide groups is 1. The third kappa shape index (κ3) is 4.28. The SMILES string of the molecule is Cc1sc(NC(=O)CCCN2C(=O)CCC2=O)nc1-c1ccc(Cl)cc1. The lowest BCUT2D eigenvalue weighted by Gasteiger charge is -2.12. The van der Waals surface area contributed by atoms with Gasteiger partial charge in [-0.2, -0.15) is 0 Å². The van der Waals surface area contributed by atoms with Crippen molar-refractivity contribution in [3.8, 4) is 11.3 Å². The first-order valence-electron chi connectivity index (χ1n) is 8.30. The minimum absolute atomic E-state index is 0.154. The monoisotopic (exact) mass is 391 g/mol. The van der Waals surface area contributed by atoms with E-state index >= 15 is 0 Å². The molecule has 2 aromatic rings. The zero-order chi connectivity index (χ0) is 18.7. The topological polar surface area (TPSA) is 79.4 Å². The van der Waals surface area contributed by atoms with Gasteiger partial charge in [0.05, 0.1) is 5.69 Å². The highest BCUT2D eigenvalue weighted by Crippen LogP contribution is 2.31. The van der Waals surface area contributed by atoms with Crippen LogP contribution in [-0.4, -0.2) is 34.2 Å². The van der Waals surface area contributed by atoms with Crippen LogP contribution in [0.2, 0.25) is 5.02 Å². The summed E-state index contributed by atoms with van der Waals surface area (Å²) in [7, 11) is 0. The van der Waals surface area contributed by atoms with Crippen LogP contribution in [0.4, 0.5) is 5.13 Å². The second-order valence-electron chi connectivity index (χ2n) is 6.02. The summed E-state index contributed by atoms with van der Waals surface area (Å²) in [4.78, 5) is 41.9. The van der Waals surface area contributed by atoms with Gasteiger partial charge in [0.1, 0.15) is 0 Å². The van der Waals surface area contributed by atoms with E-state index in [1.54, 1.807) is 12.1 Å². The molecule has 0 aliphatic carbocycles. The molecule has 1 aliphatic heterocycles. The number of thiazole rings is 1. The summed E-state index contributed by atoms with van der Waals surface area (Å²) in [5, 5.41) is 3.98. The fourth-order valence-corrected chi connectivity index (χ4v) is 3.76. The quantitative estimate of drug-likeness (QED) is 0.762. The van der Waals surface area contributed by atoms with E-state index in [2.05, 4.69) is 10.3 Å².